The molecule has 2 N–H and O–H groups in total. The Balaban J connectivity index is 0.00000300. The van der Waals surface area contributed by atoms with Crippen LogP contribution >= 0.6 is 24.0 Å². The highest BCUT2D eigenvalue weighted by Crippen LogP contribution is 2.29. The van der Waals surface area contributed by atoms with Crippen LogP contribution in [0.2, 0.25) is 0 Å². The number of halogens is 1. The highest BCUT2D eigenvalue weighted by molar-refractivity contribution is 14.0. The molecule has 0 bridgehead atoms. The molecular weight excluding hydrogens is 481 g/mol. The summed E-state index contributed by atoms with van der Waals surface area (Å²) >= 11 is 0. The average Bonchev–Trinajstić information content (AvgIpc) is 3.27. The quantitative estimate of drug-likeness (QED) is 0.287. The molecule has 2 aromatic carbocycles. The third-order valence-electron chi connectivity index (χ3n) is 4.12. The lowest BCUT2D eigenvalue weighted by molar-refractivity contribution is 0.355. The van der Waals surface area contributed by atoms with Crippen molar-refractivity contribution in [2.45, 2.75) is 13.5 Å². The van der Waals surface area contributed by atoms with E-state index in [2.05, 4.69) is 32.9 Å². The molecule has 0 saturated carbocycles. The zero-order chi connectivity index (χ0) is 19.8. The average molecular weight is 507 g/mol. The zero-order valence-corrected chi connectivity index (χ0v) is 19.1. The van der Waals surface area contributed by atoms with Crippen LogP contribution in [0.15, 0.2) is 65.9 Å². The molecule has 29 heavy (non-hydrogen) atoms. The molecule has 3 rings (SSSR count). The maximum atomic E-state index is 5.36. The molecule has 0 amide bonds. The van der Waals surface area contributed by atoms with Crippen LogP contribution in [0.5, 0.6) is 11.5 Å². The van der Waals surface area contributed by atoms with Crippen LogP contribution in [0, 0.1) is 0 Å². The van der Waals surface area contributed by atoms with E-state index in [1.807, 2.05) is 54.2 Å². The first-order valence-corrected chi connectivity index (χ1v) is 9.09. The summed E-state index contributed by atoms with van der Waals surface area (Å²) in [6.07, 6.45) is 3.68. The Morgan fingerprint density at radius 2 is 1.83 bits per heavy atom. The minimum Gasteiger partial charge on any atom is -0.493 e. The number of guanidine groups is 1. The molecule has 0 saturated heterocycles. The number of ether oxygens (including phenoxy) is 2. The first-order chi connectivity index (χ1) is 13.7. The van der Waals surface area contributed by atoms with Crippen LogP contribution in [-0.4, -0.2) is 36.5 Å². The van der Waals surface area contributed by atoms with Gasteiger partial charge in [-0.2, -0.15) is 5.10 Å². The lowest BCUT2D eigenvalue weighted by Gasteiger charge is -2.14. The van der Waals surface area contributed by atoms with Gasteiger partial charge in [0.1, 0.15) is 0 Å². The molecule has 0 aliphatic rings. The van der Waals surface area contributed by atoms with Gasteiger partial charge < -0.3 is 20.1 Å². The Morgan fingerprint density at radius 1 is 1.07 bits per heavy atom. The topological polar surface area (TPSA) is 72.7 Å². The normalized spacial score (nSPS) is 10.8. The van der Waals surface area contributed by atoms with Crippen molar-refractivity contribution in [2.75, 3.05) is 26.1 Å². The number of anilines is 1. The third kappa shape index (κ3) is 6.11. The van der Waals surface area contributed by atoms with E-state index >= 15 is 0 Å². The van der Waals surface area contributed by atoms with Gasteiger partial charge in [-0.1, -0.05) is 12.1 Å². The summed E-state index contributed by atoms with van der Waals surface area (Å²) in [7, 11) is 3.24. The summed E-state index contributed by atoms with van der Waals surface area (Å²) in [5, 5.41) is 10.8. The third-order valence-corrected chi connectivity index (χ3v) is 4.12. The van der Waals surface area contributed by atoms with Gasteiger partial charge in [-0.25, -0.2) is 9.67 Å². The monoisotopic (exact) mass is 507 g/mol. The number of aromatic nitrogens is 2. The van der Waals surface area contributed by atoms with Crippen LogP contribution < -0.4 is 20.1 Å². The van der Waals surface area contributed by atoms with Crippen LogP contribution in [0.4, 0.5) is 5.69 Å². The predicted octanol–water partition coefficient (Wildman–Crippen LogP) is 4.09. The Kier molecular flexibility index (Phi) is 8.78. The summed E-state index contributed by atoms with van der Waals surface area (Å²) < 4.78 is 12.5. The fourth-order valence-electron chi connectivity index (χ4n) is 2.70. The second-order valence-electron chi connectivity index (χ2n) is 6.01. The molecule has 0 atom stereocenters. The number of methoxy groups -OCH3 is 2. The molecule has 0 fully saturated rings. The van der Waals surface area contributed by atoms with Crippen molar-refractivity contribution in [2.24, 2.45) is 4.99 Å². The summed E-state index contributed by atoms with van der Waals surface area (Å²) in [5.74, 6) is 2.05. The number of benzene rings is 2. The standard InChI is InChI=1S/C21H25N5O2.HI/c1-4-22-21(25-17-8-11-19(27-2)20(14-17)28-3)23-15-16-6-9-18(10-7-16)26-13-5-12-24-26;/h5-14H,4,15H2,1-3H3,(H2,22,23,25);1H. The van der Waals surface area contributed by atoms with Crippen LogP contribution in [-0.2, 0) is 6.54 Å². The van der Waals surface area contributed by atoms with Crippen LogP contribution in [0.1, 0.15) is 12.5 Å². The minimum atomic E-state index is 0. The fourth-order valence-corrected chi connectivity index (χ4v) is 2.70. The van der Waals surface area contributed by atoms with E-state index < -0.39 is 0 Å². The van der Waals surface area contributed by atoms with Crippen molar-refractivity contribution in [3.63, 3.8) is 0 Å². The molecule has 1 heterocycles. The Bertz CT molecular complexity index is 911. The van der Waals surface area contributed by atoms with Crippen LogP contribution in [0.25, 0.3) is 5.69 Å². The van der Waals surface area contributed by atoms with E-state index in [4.69, 9.17) is 9.47 Å². The molecule has 0 radical (unpaired) electrons. The van der Waals surface area contributed by atoms with Gasteiger partial charge in [-0.3, -0.25) is 0 Å². The van der Waals surface area contributed by atoms with E-state index in [1.54, 1.807) is 20.4 Å². The van der Waals surface area contributed by atoms with E-state index in [9.17, 15) is 0 Å². The molecule has 0 aliphatic heterocycles. The summed E-state index contributed by atoms with van der Waals surface area (Å²) in [5.41, 5.74) is 3.00. The van der Waals surface area contributed by atoms with Crippen LogP contribution in [0.3, 0.4) is 0 Å². The number of nitrogens with one attached hydrogen (secondary N) is 2. The van der Waals surface area contributed by atoms with Gasteiger partial charge in [0.2, 0.25) is 0 Å². The van der Waals surface area contributed by atoms with E-state index in [0.717, 1.165) is 23.5 Å². The largest absolute Gasteiger partial charge is 0.493 e. The molecular formula is C21H26IN5O2. The van der Waals surface area contributed by atoms with Gasteiger partial charge in [0.25, 0.3) is 0 Å². The first kappa shape index (κ1) is 22.5. The smallest absolute Gasteiger partial charge is 0.196 e. The number of aliphatic imine (C=N–C) groups is 1. The maximum Gasteiger partial charge on any atom is 0.196 e. The first-order valence-electron chi connectivity index (χ1n) is 9.09. The summed E-state index contributed by atoms with van der Waals surface area (Å²) in [6.45, 7) is 3.35. The minimum absolute atomic E-state index is 0. The van der Waals surface area contributed by atoms with Gasteiger partial charge in [0.15, 0.2) is 17.5 Å². The van der Waals surface area contributed by atoms with Crippen molar-refractivity contribution < 1.29 is 9.47 Å². The lowest BCUT2D eigenvalue weighted by atomic mass is 10.2. The van der Waals surface area contributed by atoms with Gasteiger partial charge >= 0.3 is 0 Å². The summed E-state index contributed by atoms with van der Waals surface area (Å²) in [6, 6.07) is 15.7. The predicted molar refractivity (Wildman–Crippen MR) is 127 cm³/mol. The van der Waals surface area contributed by atoms with Gasteiger partial charge in [0, 0.05) is 30.7 Å². The number of rotatable bonds is 7. The fraction of sp³-hybridized carbons (Fsp3) is 0.238. The van der Waals surface area contributed by atoms with Crippen molar-refractivity contribution >= 4 is 35.6 Å². The number of hydrogen-bond donors (Lipinski definition) is 2. The highest BCUT2D eigenvalue weighted by atomic mass is 127. The number of nitrogens with zero attached hydrogens (tertiary/aromatic N) is 3. The van der Waals surface area contributed by atoms with E-state index in [0.29, 0.717) is 24.0 Å². The molecule has 0 spiro atoms. The number of hydrogen-bond acceptors (Lipinski definition) is 4. The summed E-state index contributed by atoms with van der Waals surface area (Å²) in [4.78, 5) is 4.67. The maximum absolute atomic E-state index is 5.36. The zero-order valence-electron chi connectivity index (χ0n) is 16.8. The Morgan fingerprint density at radius 3 is 2.45 bits per heavy atom. The molecule has 0 unspecified atom stereocenters. The molecule has 8 heteroatoms. The van der Waals surface area contributed by atoms with Gasteiger partial charge in [-0.05, 0) is 42.8 Å². The molecule has 0 aliphatic carbocycles. The SMILES string of the molecule is CCNC(=NCc1ccc(-n2cccn2)cc1)Nc1ccc(OC)c(OC)c1.I. The second-order valence-corrected chi connectivity index (χ2v) is 6.01. The molecule has 7 nitrogen and oxygen atoms in total. The van der Waals surface area contributed by atoms with E-state index in [1.165, 1.54) is 0 Å². The second kappa shape index (κ2) is 11.3. The van der Waals surface area contributed by atoms with Gasteiger partial charge in [0.05, 0.1) is 26.5 Å². The Labute approximate surface area is 188 Å². The molecule has 1 aromatic heterocycles. The van der Waals surface area contributed by atoms with Crippen molar-refractivity contribution in [1.82, 2.24) is 15.1 Å². The van der Waals surface area contributed by atoms with Gasteiger partial charge in [-0.15, -0.1) is 24.0 Å². The molecule has 154 valence electrons. The Hall–Kier alpha value is -2.75. The van der Waals surface area contributed by atoms with Crippen molar-refractivity contribution in [3.05, 3.63) is 66.5 Å². The molecule has 3 aromatic rings. The highest BCUT2D eigenvalue weighted by Gasteiger charge is 2.06. The van der Waals surface area contributed by atoms with E-state index in [-0.39, 0.29) is 24.0 Å². The lowest BCUT2D eigenvalue weighted by Crippen LogP contribution is -2.30. The van der Waals surface area contributed by atoms with Crippen molar-refractivity contribution in [1.29, 1.82) is 0 Å². The van der Waals surface area contributed by atoms with Crippen molar-refractivity contribution in [3.8, 4) is 17.2 Å².